The summed E-state index contributed by atoms with van der Waals surface area (Å²) in [6, 6.07) is 0. The van der Waals surface area contributed by atoms with Gasteiger partial charge in [-0.2, -0.15) is 0 Å². The fourth-order valence-corrected chi connectivity index (χ4v) is 3.18. The Morgan fingerprint density at radius 1 is 1.04 bits per heavy atom. The number of ether oxygens (including phenoxy) is 2. The maximum atomic E-state index is 12.0. The van der Waals surface area contributed by atoms with E-state index >= 15 is 0 Å². The van der Waals surface area contributed by atoms with E-state index in [9.17, 15) is 9.59 Å². The molecule has 0 bridgehead atoms. The number of rotatable bonds is 8. The van der Waals surface area contributed by atoms with Crippen LogP contribution in [-0.2, 0) is 19.1 Å². The van der Waals surface area contributed by atoms with E-state index in [1.165, 1.54) is 30.9 Å². The summed E-state index contributed by atoms with van der Waals surface area (Å²) in [6.07, 6.45) is 11.8. The lowest BCUT2D eigenvalue weighted by Gasteiger charge is -2.27. The zero-order chi connectivity index (χ0) is 18.8. The molecule has 1 aliphatic carbocycles. The minimum Gasteiger partial charge on any atom is -0.469 e. The first-order valence-electron chi connectivity index (χ1n) is 9.01. The topological polar surface area (TPSA) is 52.6 Å². The summed E-state index contributed by atoms with van der Waals surface area (Å²) in [6.45, 7) is 6.40. The molecule has 0 aromatic rings. The second-order valence-electron chi connectivity index (χ2n) is 6.97. The first-order valence-corrected chi connectivity index (χ1v) is 9.01. The highest BCUT2D eigenvalue weighted by Crippen LogP contribution is 2.33. The molecule has 0 aromatic carbocycles. The van der Waals surface area contributed by atoms with Gasteiger partial charge in [0.2, 0.25) is 0 Å². The van der Waals surface area contributed by atoms with Crippen LogP contribution in [0.2, 0.25) is 0 Å². The maximum absolute atomic E-state index is 12.0. The monoisotopic (exact) mass is 348 g/mol. The highest BCUT2D eigenvalue weighted by molar-refractivity contribution is 5.82. The molecule has 0 N–H and O–H groups in total. The average Bonchev–Trinajstić information content (AvgIpc) is 2.59. The van der Waals surface area contributed by atoms with Crippen molar-refractivity contribution in [1.29, 1.82) is 0 Å². The largest absolute Gasteiger partial charge is 0.469 e. The van der Waals surface area contributed by atoms with Crippen LogP contribution in [0.3, 0.4) is 0 Å². The standard InChI is InChI=1S/C21H32O4/c1-15(2)8-6-9-16(3)10-7-11-17-12-13-18(20(22)24-4)19(14-17)21(23)25-5/h8,10,12,18-19H,6-7,9,11,13-14H2,1-5H3/b16-10+/t18-,19-/m0/s1. The van der Waals surface area contributed by atoms with Gasteiger partial charge in [0.1, 0.15) is 0 Å². The highest BCUT2D eigenvalue weighted by Gasteiger charge is 2.37. The molecule has 4 heteroatoms. The van der Waals surface area contributed by atoms with Crippen LogP contribution >= 0.6 is 0 Å². The van der Waals surface area contributed by atoms with Crippen LogP contribution < -0.4 is 0 Å². The molecule has 0 radical (unpaired) electrons. The van der Waals surface area contributed by atoms with Gasteiger partial charge in [-0.1, -0.05) is 34.9 Å². The lowest BCUT2D eigenvalue weighted by molar-refractivity contribution is -0.157. The van der Waals surface area contributed by atoms with Gasteiger partial charge < -0.3 is 9.47 Å². The first kappa shape index (κ1) is 21.2. The van der Waals surface area contributed by atoms with Crippen molar-refractivity contribution in [3.63, 3.8) is 0 Å². The lowest BCUT2D eigenvalue weighted by atomic mass is 9.78. The van der Waals surface area contributed by atoms with E-state index in [2.05, 4.69) is 39.0 Å². The van der Waals surface area contributed by atoms with Gasteiger partial charge in [0.05, 0.1) is 26.1 Å². The summed E-state index contributed by atoms with van der Waals surface area (Å²) in [7, 11) is 2.73. The van der Waals surface area contributed by atoms with Crippen LogP contribution in [0.15, 0.2) is 34.9 Å². The second-order valence-corrected chi connectivity index (χ2v) is 6.97. The molecule has 0 aliphatic heterocycles. The van der Waals surface area contributed by atoms with Crippen LogP contribution in [0.25, 0.3) is 0 Å². The van der Waals surface area contributed by atoms with Gasteiger partial charge >= 0.3 is 11.9 Å². The van der Waals surface area contributed by atoms with Gasteiger partial charge in [-0.05, 0) is 59.3 Å². The van der Waals surface area contributed by atoms with E-state index in [1.54, 1.807) is 0 Å². The van der Waals surface area contributed by atoms with Crippen LogP contribution in [0.1, 0.15) is 59.3 Å². The van der Waals surface area contributed by atoms with E-state index in [4.69, 9.17) is 9.47 Å². The van der Waals surface area contributed by atoms with Crippen molar-refractivity contribution in [3.8, 4) is 0 Å². The summed E-state index contributed by atoms with van der Waals surface area (Å²) in [4.78, 5) is 23.9. The molecular weight excluding hydrogens is 316 g/mol. The van der Waals surface area contributed by atoms with Crippen LogP contribution in [0.4, 0.5) is 0 Å². The van der Waals surface area contributed by atoms with Gasteiger partial charge in [0.15, 0.2) is 0 Å². The number of allylic oxidation sites excluding steroid dienone is 6. The minimum atomic E-state index is -0.430. The molecule has 0 heterocycles. The molecule has 1 aliphatic rings. The Hall–Kier alpha value is -1.84. The fourth-order valence-electron chi connectivity index (χ4n) is 3.18. The molecule has 0 saturated heterocycles. The van der Waals surface area contributed by atoms with Crippen molar-refractivity contribution in [2.24, 2.45) is 11.8 Å². The number of hydrogen-bond acceptors (Lipinski definition) is 4. The molecular formula is C21H32O4. The van der Waals surface area contributed by atoms with E-state index < -0.39 is 11.8 Å². The smallest absolute Gasteiger partial charge is 0.309 e. The Kier molecular flexibility index (Phi) is 9.25. The molecule has 1 rings (SSSR count). The second kappa shape index (κ2) is 10.9. The third-order valence-electron chi connectivity index (χ3n) is 4.69. The number of carbonyl (C=O) groups is 2. The summed E-state index contributed by atoms with van der Waals surface area (Å²) in [5, 5.41) is 0. The molecule has 0 saturated carbocycles. The minimum absolute atomic E-state index is 0.325. The Balaban J connectivity index is 2.59. The Morgan fingerprint density at radius 2 is 1.68 bits per heavy atom. The maximum Gasteiger partial charge on any atom is 0.309 e. The summed E-state index contributed by atoms with van der Waals surface area (Å²) in [5.74, 6) is -1.52. The molecule has 0 aromatic heterocycles. The summed E-state index contributed by atoms with van der Waals surface area (Å²) >= 11 is 0. The highest BCUT2D eigenvalue weighted by atomic mass is 16.5. The van der Waals surface area contributed by atoms with E-state index in [1.807, 2.05) is 0 Å². The van der Waals surface area contributed by atoms with Crippen LogP contribution in [0.5, 0.6) is 0 Å². The predicted molar refractivity (Wildman–Crippen MR) is 100.0 cm³/mol. The first-order chi connectivity index (χ1) is 11.9. The average molecular weight is 348 g/mol. The fraction of sp³-hybridized carbons (Fsp3) is 0.619. The predicted octanol–water partition coefficient (Wildman–Crippen LogP) is 4.76. The SMILES string of the molecule is COC(=O)[C@H]1CC=C(CC/C=C(\C)CCC=C(C)C)C[C@@H]1C(=O)OC. The molecule has 0 spiro atoms. The Bertz CT molecular complexity index is 550. The van der Waals surface area contributed by atoms with Gasteiger partial charge in [-0.25, -0.2) is 0 Å². The zero-order valence-electron chi connectivity index (χ0n) is 16.3. The van der Waals surface area contributed by atoms with Crippen molar-refractivity contribution >= 4 is 11.9 Å². The number of hydrogen-bond donors (Lipinski definition) is 0. The molecule has 4 nitrogen and oxygen atoms in total. The van der Waals surface area contributed by atoms with Crippen molar-refractivity contribution < 1.29 is 19.1 Å². The van der Waals surface area contributed by atoms with Crippen molar-refractivity contribution in [3.05, 3.63) is 34.9 Å². The van der Waals surface area contributed by atoms with Crippen LogP contribution in [-0.4, -0.2) is 26.2 Å². The molecule has 140 valence electrons. The summed E-state index contributed by atoms with van der Waals surface area (Å²) in [5.41, 5.74) is 3.98. The molecule has 0 fully saturated rings. The van der Waals surface area contributed by atoms with E-state index in [-0.39, 0.29) is 11.9 Å². The molecule has 0 unspecified atom stereocenters. The summed E-state index contributed by atoms with van der Waals surface area (Å²) < 4.78 is 9.70. The molecule has 2 atom stereocenters. The molecule has 0 amide bonds. The third kappa shape index (κ3) is 7.29. The number of carbonyl (C=O) groups excluding carboxylic acids is 2. The van der Waals surface area contributed by atoms with Crippen molar-refractivity contribution in [2.45, 2.75) is 59.3 Å². The Morgan fingerprint density at radius 3 is 2.28 bits per heavy atom. The number of esters is 2. The Labute approximate surface area is 152 Å². The molecule has 25 heavy (non-hydrogen) atoms. The van der Waals surface area contributed by atoms with Crippen LogP contribution in [0, 0.1) is 11.8 Å². The van der Waals surface area contributed by atoms with Crippen molar-refractivity contribution in [1.82, 2.24) is 0 Å². The third-order valence-corrected chi connectivity index (χ3v) is 4.69. The van der Waals surface area contributed by atoms with Gasteiger partial charge in [-0.15, -0.1) is 0 Å². The zero-order valence-corrected chi connectivity index (χ0v) is 16.3. The number of methoxy groups -OCH3 is 2. The lowest BCUT2D eigenvalue weighted by Crippen LogP contribution is -2.33. The van der Waals surface area contributed by atoms with Gasteiger partial charge in [-0.3, -0.25) is 9.59 Å². The quantitative estimate of drug-likeness (QED) is 0.469. The van der Waals surface area contributed by atoms with Crippen molar-refractivity contribution in [2.75, 3.05) is 14.2 Å². The van der Waals surface area contributed by atoms with Gasteiger partial charge in [0.25, 0.3) is 0 Å². The van der Waals surface area contributed by atoms with Gasteiger partial charge in [0, 0.05) is 0 Å². The normalized spacial score (nSPS) is 20.5. The van der Waals surface area contributed by atoms with E-state index in [0.717, 1.165) is 25.7 Å². The van der Waals surface area contributed by atoms with E-state index in [0.29, 0.717) is 12.8 Å².